The number of aromatic hydroxyl groups is 2. The number of hydrogen-bond donors (Lipinski definition) is 6. The molecule has 1 aliphatic rings. The number of benzene rings is 1. The molecule has 1 heterocycles. The van der Waals surface area contributed by atoms with Crippen LogP contribution in [0.3, 0.4) is 0 Å². The molecule has 0 spiro atoms. The molecule has 2 rings (SSSR count). The van der Waals surface area contributed by atoms with Crippen LogP contribution in [0.5, 0.6) is 11.5 Å². The molecule has 31 heavy (non-hydrogen) atoms. The molecule has 8 N–H and O–H groups in total. The van der Waals surface area contributed by atoms with E-state index in [1.807, 2.05) is 0 Å². The summed E-state index contributed by atoms with van der Waals surface area (Å²) in [5.74, 6) is -2.56. The van der Waals surface area contributed by atoms with E-state index in [4.69, 9.17) is 9.79 Å². The van der Waals surface area contributed by atoms with Crippen LogP contribution in [0, 0.1) is 0 Å². The van der Waals surface area contributed by atoms with Gasteiger partial charge >= 0.3 is 13.8 Å². The van der Waals surface area contributed by atoms with E-state index in [9.17, 15) is 29.5 Å². The number of phenols is 2. The van der Waals surface area contributed by atoms with E-state index in [1.165, 1.54) is 31.3 Å². The maximum absolute atomic E-state index is 12.3. The van der Waals surface area contributed by atoms with Gasteiger partial charge in [0.25, 0.3) is 0 Å². The van der Waals surface area contributed by atoms with Crippen molar-refractivity contribution in [3.63, 3.8) is 0 Å². The number of phosphoric ester groups is 1. The van der Waals surface area contributed by atoms with Crippen LogP contribution in [-0.2, 0) is 42.2 Å². The Labute approximate surface area is 187 Å². The zero-order valence-corrected chi connectivity index (χ0v) is 17.8. The fourth-order valence-electron chi connectivity index (χ4n) is 2.40. The summed E-state index contributed by atoms with van der Waals surface area (Å²) >= 11 is 0. The second-order valence-corrected chi connectivity index (χ2v) is 7.34. The fraction of sp³-hybridized carbons (Fsp3) is 0.235. The third kappa shape index (κ3) is 8.27. The van der Waals surface area contributed by atoms with Gasteiger partial charge in [0.2, 0.25) is 5.78 Å². The van der Waals surface area contributed by atoms with Crippen molar-refractivity contribution in [2.45, 2.75) is 19.4 Å². The molecular weight excluding hydrogens is 487 g/mol. The molecule has 0 bridgehead atoms. The van der Waals surface area contributed by atoms with Crippen molar-refractivity contribution in [3.05, 3.63) is 47.3 Å². The molecule has 1 aromatic rings. The quantitative estimate of drug-likeness (QED) is 0.117. The zero-order chi connectivity index (χ0) is 21.8. The molecule has 12 nitrogen and oxygen atoms in total. The topological polar surface area (TPSA) is 217 Å². The predicted octanol–water partition coefficient (Wildman–Crippen LogP) is -0.223. The van der Waals surface area contributed by atoms with Gasteiger partial charge in [-0.1, -0.05) is 6.07 Å². The van der Waals surface area contributed by atoms with Crippen molar-refractivity contribution in [2.24, 2.45) is 4.99 Å². The van der Waals surface area contributed by atoms with Gasteiger partial charge in [-0.3, -0.25) is 14.3 Å². The van der Waals surface area contributed by atoms with Crippen LogP contribution in [0.2, 0.25) is 0 Å². The molecule has 1 aromatic carbocycles. The fourth-order valence-corrected chi connectivity index (χ4v) is 2.71. The number of carboxylic acids is 1. The summed E-state index contributed by atoms with van der Waals surface area (Å²) in [6, 6.07) is 2.65. The monoisotopic (exact) mass is 507 g/mol. The first-order valence-electron chi connectivity index (χ1n) is 8.16. The van der Waals surface area contributed by atoms with Gasteiger partial charge in [-0.25, -0.2) is 9.36 Å². The Hall–Kier alpha value is -2.50. The minimum atomic E-state index is -4.79. The van der Waals surface area contributed by atoms with Gasteiger partial charge in [0, 0.05) is 47.0 Å². The summed E-state index contributed by atoms with van der Waals surface area (Å²) in [5.41, 5.74) is 0.522. The summed E-state index contributed by atoms with van der Waals surface area (Å²) in [4.78, 5) is 45.4. The Kier molecular flexibility index (Phi) is 10.8. The predicted molar refractivity (Wildman–Crippen MR) is 104 cm³/mol. The zero-order valence-electron chi connectivity index (χ0n) is 15.9. The van der Waals surface area contributed by atoms with Gasteiger partial charge in [0.1, 0.15) is 6.04 Å². The molecule has 0 aromatic heterocycles. The Morgan fingerprint density at radius 3 is 2.48 bits per heavy atom. The van der Waals surface area contributed by atoms with Crippen molar-refractivity contribution >= 4 is 25.3 Å². The second-order valence-electron chi connectivity index (χ2n) is 6.10. The number of ketones is 1. The van der Waals surface area contributed by atoms with Crippen molar-refractivity contribution in [1.29, 1.82) is 0 Å². The minimum Gasteiger partial charge on any atom is -0.504 e. The number of aliphatic imine (C=N–C) groups is 1. The molecule has 14 heteroatoms. The molecule has 1 atom stereocenters. The number of phenolic OH excluding ortho intramolecular Hbond substituents is 2. The van der Waals surface area contributed by atoms with E-state index in [1.54, 1.807) is 0 Å². The van der Waals surface area contributed by atoms with Crippen molar-refractivity contribution in [1.82, 2.24) is 5.32 Å². The Balaban J connectivity index is 0.00000450. The molecule has 0 saturated carbocycles. The number of carbonyl (C=O) groups excluding carboxylic acids is 1. The summed E-state index contributed by atoms with van der Waals surface area (Å²) < 4.78 is 15.3. The first kappa shape index (κ1) is 28.5. The summed E-state index contributed by atoms with van der Waals surface area (Å²) in [7, 11) is -4.79. The number of carbonyl (C=O) groups is 2. The van der Waals surface area contributed by atoms with E-state index in [0.717, 1.165) is 6.20 Å². The average molecular weight is 508 g/mol. The smallest absolute Gasteiger partial charge is 0.469 e. The number of Topliss-reactive ketones (excluding diaryl/α,β-unsaturated/α-hetero) is 1. The maximum Gasteiger partial charge on any atom is 0.469 e. The van der Waals surface area contributed by atoms with Gasteiger partial charge in [-0.2, -0.15) is 0 Å². The normalized spacial score (nSPS) is 15.8. The number of aliphatic carboxylic acids is 1. The van der Waals surface area contributed by atoms with Crippen molar-refractivity contribution < 1.29 is 66.3 Å². The summed E-state index contributed by atoms with van der Waals surface area (Å²) in [5, 5.41) is 30.9. The maximum atomic E-state index is 12.3. The van der Waals surface area contributed by atoms with E-state index >= 15 is 0 Å². The molecule has 0 saturated heterocycles. The molecular formula is C17H21CuN2O10P. The summed E-state index contributed by atoms with van der Waals surface area (Å²) in [6.45, 7) is 0.824. The third-order valence-electron chi connectivity index (χ3n) is 3.93. The molecule has 1 radical (unpaired) electrons. The van der Waals surface area contributed by atoms with Gasteiger partial charge < -0.3 is 35.9 Å². The molecule has 0 fully saturated rings. The van der Waals surface area contributed by atoms with E-state index < -0.39 is 38.0 Å². The van der Waals surface area contributed by atoms with Crippen LogP contribution in [-0.4, -0.2) is 60.7 Å². The van der Waals surface area contributed by atoms with E-state index in [2.05, 4.69) is 14.8 Å². The molecule has 1 unspecified atom stereocenters. The molecule has 1 aliphatic heterocycles. The molecule has 0 amide bonds. The first-order valence-corrected chi connectivity index (χ1v) is 9.69. The van der Waals surface area contributed by atoms with Crippen LogP contribution in [0.15, 0.2) is 46.7 Å². The third-order valence-corrected chi connectivity index (χ3v) is 4.39. The Morgan fingerprint density at radius 2 is 1.94 bits per heavy atom. The average Bonchev–Trinajstić information content (AvgIpc) is 2.62. The number of phosphoric acid groups is 1. The Bertz CT molecular complexity index is 970. The number of carboxylic acid groups (broad SMARTS) is 1. The first-order chi connectivity index (χ1) is 13.5. The number of nitrogens with one attached hydrogen (secondary N) is 1. The Morgan fingerprint density at radius 1 is 1.29 bits per heavy atom. The minimum absolute atomic E-state index is 0. The van der Waals surface area contributed by atoms with Gasteiger partial charge in [0.05, 0.1) is 12.3 Å². The van der Waals surface area contributed by atoms with Crippen LogP contribution >= 0.6 is 7.82 Å². The van der Waals surface area contributed by atoms with Crippen molar-refractivity contribution in [3.8, 4) is 11.5 Å². The summed E-state index contributed by atoms with van der Waals surface area (Å²) in [6.07, 6.45) is 2.23. The molecule has 175 valence electrons. The van der Waals surface area contributed by atoms with E-state index in [-0.39, 0.29) is 51.6 Å². The largest absolute Gasteiger partial charge is 0.504 e. The standard InChI is InChI=1S/C17H19N2O9P.Cu.H2O/c1-9-16(22)12(11(6-18-9)8-28-29(25,26)27)7-19-13(17(23)24)4-10-2-3-14(20)15(21)5-10;;/h2-3,5-7,13,19-21H,4,8H2,1H3,(H,23,24)(H2,25,26,27);;1H2/b12-7-;;. The van der Waals surface area contributed by atoms with E-state index in [0.29, 0.717) is 5.56 Å². The second kappa shape index (κ2) is 11.8. The van der Waals surface area contributed by atoms with Crippen molar-refractivity contribution in [2.75, 3.05) is 6.61 Å². The van der Waals surface area contributed by atoms with Gasteiger partial charge in [-0.05, 0) is 24.6 Å². The SMILES string of the molecule is CC1=NC=C(COP(=O)(O)O)/C(=C/NC(Cc2ccc(O)c(O)c2)C(=O)O)C1=O.O.[Cu]. The number of nitrogens with zero attached hydrogens (tertiary/aromatic N) is 1. The van der Waals surface area contributed by atoms with Crippen LogP contribution in [0.25, 0.3) is 0 Å². The van der Waals surface area contributed by atoms with Gasteiger partial charge in [0.15, 0.2) is 11.5 Å². The van der Waals surface area contributed by atoms with Crippen LogP contribution < -0.4 is 5.32 Å². The van der Waals surface area contributed by atoms with Crippen LogP contribution in [0.1, 0.15) is 12.5 Å². The van der Waals surface area contributed by atoms with Crippen LogP contribution in [0.4, 0.5) is 0 Å². The number of rotatable bonds is 8. The van der Waals surface area contributed by atoms with Gasteiger partial charge in [-0.15, -0.1) is 0 Å². The molecule has 0 aliphatic carbocycles. The number of hydrogen-bond acceptors (Lipinski definition) is 8.